The number of phenolic OH excluding ortho intramolecular Hbond substituents is 1. The van der Waals surface area contributed by atoms with E-state index in [1.54, 1.807) is 41.3 Å². The molecule has 1 unspecified atom stereocenters. The van der Waals surface area contributed by atoms with Crippen molar-refractivity contribution in [2.75, 3.05) is 45.9 Å². The van der Waals surface area contributed by atoms with Crippen molar-refractivity contribution in [3.8, 4) is 17.2 Å². The molecule has 0 aromatic heterocycles. The summed E-state index contributed by atoms with van der Waals surface area (Å²) in [5, 5.41) is 21.3. The molecule has 1 atom stereocenters. The van der Waals surface area contributed by atoms with E-state index in [4.69, 9.17) is 9.47 Å². The van der Waals surface area contributed by atoms with E-state index in [0.717, 1.165) is 56.9 Å². The second kappa shape index (κ2) is 17.7. The number of amides is 1. The number of piperazine rings is 1. The van der Waals surface area contributed by atoms with Crippen LogP contribution in [0.3, 0.4) is 0 Å². The van der Waals surface area contributed by atoms with E-state index in [-0.39, 0.29) is 17.5 Å². The molecule has 8 heteroatoms. The molecule has 1 fully saturated rings. The highest BCUT2D eigenvalue weighted by molar-refractivity contribution is 5.92. The van der Waals surface area contributed by atoms with Crippen LogP contribution < -0.4 is 9.47 Å². The number of aliphatic hydroxyl groups excluding tert-OH is 1. The van der Waals surface area contributed by atoms with Crippen molar-refractivity contribution in [3.63, 3.8) is 0 Å². The van der Waals surface area contributed by atoms with Crippen LogP contribution in [0, 0.1) is 5.82 Å². The van der Waals surface area contributed by atoms with Crippen LogP contribution in [0.5, 0.6) is 17.2 Å². The van der Waals surface area contributed by atoms with Crippen molar-refractivity contribution in [1.82, 2.24) is 9.80 Å². The van der Waals surface area contributed by atoms with E-state index in [0.29, 0.717) is 63.0 Å². The van der Waals surface area contributed by atoms with Crippen molar-refractivity contribution in [2.45, 2.75) is 71.3 Å². The molecular formula is C33H47FN2O5. The minimum Gasteiger partial charge on any atom is -0.502 e. The molecule has 2 aromatic carbocycles. The lowest BCUT2D eigenvalue weighted by Crippen LogP contribution is -2.49. The zero-order valence-corrected chi connectivity index (χ0v) is 24.7. The van der Waals surface area contributed by atoms with Gasteiger partial charge in [0.05, 0.1) is 19.3 Å². The Labute approximate surface area is 244 Å². The third-order valence-corrected chi connectivity index (χ3v) is 7.36. The largest absolute Gasteiger partial charge is 0.502 e. The highest BCUT2D eigenvalue weighted by atomic mass is 19.1. The summed E-state index contributed by atoms with van der Waals surface area (Å²) in [6.07, 6.45) is 11.1. The summed E-state index contributed by atoms with van der Waals surface area (Å²) < 4.78 is 25.0. The molecule has 1 aliphatic heterocycles. The standard InChI is InChI=1S/C33H47FN2O5/c1-3-5-7-9-21-40-30-23-26(24-31(33(30)39)41-22-10-8-6-4-2)11-16-32(38)36-19-17-35(18-20-36)25-29(37)27-12-14-28(34)15-13-27/h11-16,23-24,29,37,39H,3-10,17-22,25H2,1-2H3. The second-order valence-corrected chi connectivity index (χ2v) is 10.7. The number of phenols is 1. The number of unbranched alkanes of at least 4 members (excludes halogenated alkanes) is 6. The molecule has 0 radical (unpaired) electrons. The molecule has 0 saturated carbocycles. The minimum absolute atomic E-state index is 0.00148. The van der Waals surface area contributed by atoms with Crippen LogP contribution in [0.15, 0.2) is 42.5 Å². The van der Waals surface area contributed by atoms with Crippen LogP contribution in [-0.2, 0) is 4.79 Å². The molecule has 3 rings (SSSR count). The molecule has 0 spiro atoms. The number of carbonyl (C=O) groups excluding carboxylic acids is 1. The number of benzene rings is 2. The predicted molar refractivity (Wildman–Crippen MR) is 161 cm³/mol. The second-order valence-electron chi connectivity index (χ2n) is 10.7. The topological polar surface area (TPSA) is 82.5 Å². The van der Waals surface area contributed by atoms with E-state index in [1.807, 2.05) is 0 Å². The quantitative estimate of drug-likeness (QED) is 0.171. The Morgan fingerprint density at radius 1 is 0.902 bits per heavy atom. The fraction of sp³-hybridized carbons (Fsp3) is 0.545. The summed E-state index contributed by atoms with van der Waals surface area (Å²) in [5.41, 5.74) is 1.40. The van der Waals surface area contributed by atoms with Crippen LogP contribution in [0.1, 0.15) is 82.4 Å². The van der Waals surface area contributed by atoms with Gasteiger partial charge in [0.2, 0.25) is 11.7 Å². The summed E-state index contributed by atoms with van der Waals surface area (Å²) in [5.74, 6) is 0.311. The van der Waals surface area contributed by atoms with Crippen molar-refractivity contribution in [3.05, 3.63) is 59.4 Å². The lowest BCUT2D eigenvalue weighted by Gasteiger charge is -2.35. The maximum Gasteiger partial charge on any atom is 0.246 e. The molecule has 1 amide bonds. The van der Waals surface area contributed by atoms with Gasteiger partial charge < -0.3 is 24.6 Å². The van der Waals surface area contributed by atoms with Gasteiger partial charge in [-0.15, -0.1) is 0 Å². The average molecular weight is 571 g/mol. The number of ether oxygens (including phenoxy) is 2. The minimum atomic E-state index is -0.710. The van der Waals surface area contributed by atoms with Crippen LogP contribution in [0.25, 0.3) is 6.08 Å². The van der Waals surface area contributed by atoms with Crippen LogP contribution in [0.2, 0.25) is 0 Å². The van der Waals surface area contributed by atoms with Crippen molar-refractivity contribution < 1.29 is 28.9 Å². The average Bonchev–Trinajstić information content (AvgIpc) is 2.98. The van der Waals surface area contributed by atoms with Gasteiger partial charge in [-0.1, -0.05) is 64.5 Å². The molecule has 2 aromatic rings. The monoisotopic (exact) mass is 570 g/mol. The summed E-state index contributed by atoms with van der Waals surface area (Å²) in [4.78, 5) is 16.9. The van der Waals surface area contributed by atoms with Gasteiger partial charge in [0.15, 0.2) is 11.5 Å². The maximum atomic E-state index is 13.2. The van der Waals surface area contributed by atoms with Gasteiger partial charge in [0.25, 0.3) is 0 Å². The molecule has 1 aliphatic rings. The zero-order chi connectivity index (χ0) is 29.5. The third-order valence-electron chi connectivity index (χ3n) is 7.36. The van der Waals surface area contributed by atoms with E-state index in [2.05, 4.69) is 18.7 Å². The van der Waals surface area contributed by atoms with Crippen LogP contribution in [-0.4, -0.2) is 71.9 Å². The number of rotatable bonds is 17. The van der Waals surface area contributed by atoms with E-state index >= 15 is 0 Å². The fourth-order valence-electron chi connectivity index (χ4n) is 4.80. The normalized spacial score (nSPS) is 14.9. The smallest absolute Gasteiger partial charge is 0.246 e. The number of halogens is 1. The van der Waals surface area contributed by atoms with E-state index in [1.165, 1.54) is 12.1 Å². The molecule has 0 bridgehead atoms. The van der Waals surface area contributed by atoms with Crippen molar-refractivity contribution >= 4 is 12.0 Å². The first-order valence-electron chi connectivity index (χ1n) is 15.2. The summed E-state index contributed by atoms with van der Waals surface area (Å²) >= 11 is 0. The zero-order valence-electron chi connectivity index (χ0n) is 24.7. The van der Waals surface area contributed by atoms with Gasteiger partial charge in [-0.05, 0) is 54.3 Å². The molecule has 1 heterocycles. The Morgan fingerprint density at radius 3 is 2.00 bits per heavy atom. The Kier molecular flexibility index (Phi) is 14.0. The van der Waals surface area contributed by atoms with Gasteiger partial charge in [-0.3, -0.25) is 9.69 Å². The lowest BCUT2D eigenvalue weighted by atomic mass is 10.1. The van der Waals surface area contributed by atoms with Gasteiger partial charge in [-0.25, -0.2) is 4.39 Å². The van der Waals surface area contributed by atoms with E-state index < -0.39 is 6.10 Å². The van der Waals surface area contributed by atoms with Crippen molar-refractivity contribution in [2.24, 2.45) is 0 Å². The Balaban J connectivity index is 1.57. The Morgan fingerprint density at radius 2 is 1.46 bits per heavy atom. The number of β-amino-alcohol motifs (C(OH)–C–C–N with tert-alkyl or cyclic N) is 1. The molecule has 1 saturated heterocycles. The Hall–Kier alpha value is -3.10. The maximum absolute atomic E-state index is 13.2. The first kappa shape index (κ1) is 32.4. The number of nitrogens with zero attached hydrogens (tertiary/aromatic N) is 2. The lowest BCUT2D eigenvalue weighted by molar-refractivity contribution is -0.127. The van der Waals surface area contributed by atoms with Gasteiger partial charge in [-0.2, -0.15) is 0 Å². The highest BCUT2D eigenvalue weighted by Gasteiger charge is 2.22. The third kappa shape index (κ3) is 11.0. The summed E-state index contributed by atoms with van der Waals surface area (Å²) in [6.45, 7) is 8.15. The summed E-state index contributed by atoms with van der Waals surface area (Å²) in [6, 6.07) is 9.39. The number of carbonyl (C=O) groups is 1. The van der Waals surface area contributed by atoms with Crippen molar-refractivity contribution in [1.29, 1.82) is 0 Å². The molecule has 2 N–H and O–H groups in total. The number of aliphatic hydroxyl groups is 1. The molecule has 41 heavy (non-hydrogen) atoms. The first-order valence-corrected chi connectivity index (χ1v) is 15.2. The SMILES string of the molecule is CCCCCCOc1cc(C=CC(=O)N2CCN(CC(O)c3ccc(F)cc3)CC2)cc(OCCCCCC)c1O. The summed E-state index contributed by atoms with van der Waals surface area (Å²) in [7, 11) is 0. The first-order chi connectivity index (χ1) is 19.9. The van der Waals surface area contributed by atoms with Gasteiger partial charge in [0, 0.05) is 38.8 Å². The number of hydrogen-bond donors (Lipinski definition) is 2. The van der Waals surface area contributed by atoms with Crippen LogP contribution >= 0.6 is 0 Å². The Bertz CT molecular complexity index is 1050. The predicted octanol–water partition coefficient (Wildman–Crippen LogP) is 6.34. The van der Waals surface area contributed by atoms with Gasteiger partial charge in [0.1, 0.15) is 5.82 Å². The van der Waals surface area contributed by atoms with Crippen LogP contribution in [0.4, 0.5) is 4.39 Å². The molecule has 0 aliphatic carbocycles. The number of hydrogen-bond acceptors (Lipinski definition) is 6. The van der Waals surface area contributed by atoms with E-state index in [9.17, 15) is 19.4 Å². The molecular weight excluding hydrogens is 523 g/mol. The molecule has 226 valence electrons. The van der Waals surface area contributed by atoms with Gasteiger partial charge >= 0.3 is 0 Å². The fourth-order valence-corrected chi connectivity index (χ4v) is 4.80. The molecule has 7 nitrogen and oxygen atoms in total. The highest BCUT2D eigenvalue weighted by Crippen LogP contribution is 2.38. The number of aromatic hydroxyl groups is 1.